The molecule has 2 aliphatic rings. The van der Waals surface area contributed by atoms with Crippen molar-refractivity contribution in [1.29, 1.82) is 0 Å². The van der Waals surface area contributed by atoms with Gasteiger partial charge in [0, 0.05) is 31.4 Å². The van der Waals surface area contributed by atoms with E-state index in [0.717, 1.165) is 57.7 Å². The highest BCUT2D eigenvalue weighted by Crippen LogP contribution is 2.20. The Morgan fingerprint density at radius 3 is 3.09 bits per heavy atom. The summed E-state index contributed by atoms with van der Waals surface area (Å²) in [5.74, 6) is 0.343. The molecule has 0 spiro atoms. The maximum Gasteiger partial charge on any atom is 0.317 e. The molecule has 0 atom stereocenters. The van der Waals surface area contributed by atoms with Gasteiger partial charge in [0.15, 0.2) is 0 Å². The molecule has 6 nitrogen and oxygen atoms in total. The molecule has 2 aliphatic heterocycles. The Kier molecular flexibility index (Phi) is 5.46. The van der Waals surface area contributed by atoms with Crippen molar-refractivity contribution in [1.82, 2.24) is 15.2 Å². The van der Waals surface area contributed by atoms with Crippen LogP contribution >= 0.6 is 0 Å². The van der Waals surface area contributed by atoms with Crippen LogP contribution in [0, 0.1) is 0 Å². The number of unbranched alkanes of at least 4 members (excludes halogenated alkanes) is 1. The zero-order valence-corrected chi connectivity index (χ0v) is 13.6. The Morgan fingerprint density at radius 2 is 2.26 bits per heavy atom. The number of carboxylic acid groups (broad SMARTS) is 1. The van der Waals surface area contributed by atoms with Crippen LogP contribution in [0.15, 0.2) is 12.1 Å². The minimum atomic E-state index is -0.740. The molecule has 0 unspecified atom stereocenters. The number of hydrogen-bond donors (Lipinski definition) is 3. The highest BCUT2D eigenvalue weighted by Gasteiger charge is 2.27. The Balaban J connectivity index is 1.28. The number of aryl methyl sites for hydroxylation is 2. The third kappa shape index (κ3) is 4.65. The molecular weight excluding hydrogens is 292 g/mol. The van der Waals surface area contributed by atoms with Gasteiger partial charge < -0.3 is 15.7 Å². The molecule has 0 amide bonds. The maximum absolute atomic E-state index is 10.6. The quantitative estimate of drug-likeness (QED) is 0.624. The fourth-order valence-electron chi connectivity index (χ4n) is 3.26. The molecular formula is C17H26N4O2. The number of hydrogen-bond acceptors (Lipinski definition) is 5. The first-order valence-corrected chi connectivity index (χ1v) is 8.61. The van der Waals surface area contributed by atoms with Gasteiger partial charge in [-0.2, -0.15) is 0 Å². The molecule has 1 fully saturated rings. The lowest BCUT2D eigenvalue weighted by molar-refractivity contribution is -0.139. The van der Waals surface area contributed by atoms with E-state index in [0.29, 0.717) is 6.04 Å². The predicted molar refractivity (Wildman–Crippen MR) is 89.9 cm³/mol. The van der Waals surface area contributed by atoms with E-state index in [4.69, 9.17) is 10.1 Å². The van der Waals surface area contributed by atoms with Gasteiger partial charge in [-0.3, -0.25) is 9.69 Å². The van der Waals surface area contributed by atoms with Gasteiger partial charge >= 0.3 is 5.97 Å². The number of rotatable bonds is 8. The van der Waals surface area contributed by atoms with Crippen LogP contribution in [0.4, 0.5) is 5.82 Å². The Labute approximate surface area is 137 Å². The second kappa shape index (κ2) is 7.75. The second-order valence-electron chi connectivity index (χ2n) is 6.54. The normalized spacial score (nSPS) is 18.1. The number of fused-ring (bicyclic) bond motifs is 1. The minimum absolute atomic E-state index is 0.163. The molecule has 0 aliphatic carbocycles. The summed E-state index contributed by atoms with van der Waals surface area (Å²) >= 11 is 0. The first-order valence-electron chi connectivity index (χ1n) is 8.61. The Morgan fingerprint density at radius 1 is 1.39 bits per heavy atom. The number of pyridine rings is 1. The molecule has 1 aromatic rings. The number of carboxylic acids is 1. The van der Waals surface area contributed by atoms with Crippen molar-refractivity contribution in [3.8, 4) is 0 Å². The van der Waals surface area contributed by atoms with Crippen LogP contribution in [0.25, 0.3) is 0 Å². The third-order valence-electron chi connectivity index (χ3n) is 4.56. The summed E-state index contributed by atoms with van der Waals surface area (Å²) in [6.45, 7) is 3.90. The van der Waals surface area contributed by atoms with Crippen LogP contribution in [0.5, 0.6) is 0 Å². The molecule has 0 bridgehead atoms. The summed E-state index contributed by atoms with van der Waals surface area (Å²) < 4.78 is 0. The maximum atomic E-state index is 10.6. The van der Waals surface area contributed by atoms with Gasteiger partial charge in [0.05, 0.1) is 6.54 Å². The van der Waals surface area contributed by atoms with Crippen molar-refractivity contribution in [2.24, 2.45) is 0 Å². The van der Waals surface area contributed by atoms with E-state index in [1.54, 1.807) is 0 Å². The van der Waals surface area contributed by atoms with Crippen molar-refractivity contribution in [2.45, 2.75) is 38.1 Å². The van der Waals surface area contributed by atoms with E-state index in [1.165, 1.54) is 17.7 Å². The molecule has 3 N–H and O–H groups in total. The van der Waals surface area contributed by atoms with Gasteiger partial charge in [-0.1, -0.05) is 6.07 Å². The summed E-state index contributed by atoms with van der Waals surface area (Å²) in [5, 5.41) is 15.6. The zero-order valence-electron chi connectivity index (χ0n) is 13.6. The van der Waals surface area contributed by atoms with Crippen LogP contribution in [0.3, 0.4) is 0 Å². The SMILES string of the molecule is O=C(O)CN1CC(NCCCCc2ccc3c(n2)NCCC3)C1. The van der Waals surface area contributed by atoms with Crippen LogP contribution in [-0.2, 0) is 17.6 Å². The highest BCUT2D eigenvalue weighted by atomic mass is 16.4. The van der Waals surface area contributed by atoms with Crippen molar-refractivity contribution in [3.63, 3.8) is 0 Å². The van der Waals surface area contributed by atoms with E-state index < -0.39 is 5.97 Å². The van der Waals surface area contributed by atoms with Crippen LogP contribution in [-0.4, -0.2) is 59.7 Å². The fraction of sp³-hybridized carbons (Fsp3) is 0.647. The number of aromatic nitrogens is 1. The van der Waals surface area contributed by atoms with Gasteiger partial charge in [0.2, 0.25) is 0 Å². The molecule has 0 saturated carbocycles. The molecule has 23 heavy (non-hydrogen) atoms. The van der Waals surface area contributed by atoms with Crippen LogP contribution < -0.4 is 10.6 Å². The summed E-state index contributed by atoms with van der Waals surface area (Å²) in [7, 11) is 0. The van der Waals surface area contributed by atoms with Gasteiger partial charge in [0.1, 0.15) is 5.82 Å². The number of likely N-dealkylation sites (tertiary alicyclic amines) is 1. The lowest BCUT2D eigenvalue weighted by atomic mass is 10.1. The minimum Gasteiger partial charge on any atom is -0.480 e. The summed E-state index contributed by atoms with van der Waals surface area (Å²) in [6, 6.07) is 4.84. The van der Waals surface area contributed by atoms with Gasteiger partial charge in [-0.05, 0) is 50.3 Å². The van der Waals surface area contributed by atoms with Crippen molar-refractivity contribution < 1.29 is 9.90 Å². The number of anilines is 1. The molecule has 3 rings (SSSR count). The predicted octanol–water partition coefficient (Wildman–Crippen LogP) is 1.12. The van der Waals surface area contributed by atoms with Gasteiger partial charge in [-0.15, -0.1) is 0 Å². The molecule has 126 valence electrons. The Bertz CT molecular complexity index is 543. The van der Waals surface area contributed by atoms with Gasteiger partial charge in [0.25, 0.3) is 0 Å². The van der Waals surface area contributed by atoms with E-state index in [9.17, 15) is 4.79 Å². The topological polar surface area (TPSA) is 77.5 Å². The van der Waals surface area contributed by atoms with E-state index in [2.05, 4.69) is 22.8 Å². The smallest absolute Gasteiger partial charge is 0.317 e. The zero-order chi connectivity index (χ0) is 16.1. The molecule has 1 saturated heterocycles. The first-order chi connectivity index (χ1) is 11.2. The van der Waals surface area contributed by atoms with E-state index in [-0.39, 0.29) is 6.54 Å². The third-order valence-corrected chi connectivity index (χ3v) is 4.56. The Hall–Kier alpha value is -1.66. The lowest BCUT2D eigenvalue weighted by Gasteiger charge is -2.38. The summed E-state index contributed by atoms with van der Waals surface area (Å²) in [5.41, 5.74) is 2.52. The van der Waals surface area contributed by atoms with Crippen molar-refractivity contribution >= 4 is 11.8 Å². The highest BCUT2D eigenvalue weighted by molar-refractivity contribution is 5.69. The van der Waals surface area contributed by atoms with Gasteiger partial charge in [-0.25, -0.2) is 4.98 Å². The number of aliphatic carboxylic acids is 1. The fourth-order valence-corrected chi connectivity index (χ4v) is 3.26. The standard InChI is InChI=1S/C17H26N4O2/c22-16(23)12-21-10-15(11-21)18-8-2-1-5-14-7-6-13-4-3-9-19-17(13)20-14/h6-7,15,18H,1-5,8-12H2,(H,19,20)(H,22,23). The molecule has 1 aromatic heterocycles. The summed E-state index contributed by atoms with van der Waals surface area (Å²) in [6.07, 6.45) is 5.61. The number of nitrogens with one attached hydrogen (secondary N) is 2. The number of carbonyl (C=O) groups is 1. The van der Waals surface area contributed by atoms with E-state index in [1.807, 2.05) is 4.90 Å². The largest absolute Gasteiger partial charge is 0.480 e. The molecule has 0 aromatic carbocycles. The summed E-state index contributed by atoms with van der Waals surface area (Å²) in [4.78, 5) is 17.2. The second-order valence-corrected chi connectivity index (χ2v) is 6.54. The molecule has 0 radical (unpaired) electrons. The molecule has 3 heterocycles. The van der Waals surface area contributed by atoms with E-state index >= 15 is 0 Å². The van der Waals surface area contributed by atoms with Crippen LogP contribution in [0.1, 0.15) is 30.5 Å². The monoisotopic (exact) mass is 318 g/mol. The average molecular weight is 318 g/mol. The molecule has 6 heteroatoms. The van der Waals surface area contributed by atoms with Crippen molar-refractivity contribution in [2.75, 3.05) is 38.0 Å². The first kappa shape index (κ1) is 16.2. The lowest BCUT2D eigenvalue weighted by Crippen LogP contribution is -2.59. The van der Waals surface area contributed by atoms with Crippen LogP contribution in [0.2, 0.25) is 0 Å². The van der Waals surface area contributed by atoms with Crippen molar-refractivity contribution in [3.05, 3.63) is 23.4 Å². The number of nitrogens with zero attached hydrogens (tertiary/aromatic N) is 2. The average Bonchev–Trinajstić information content (AvgIpc) is 2.51.